The van der Waals surface area contributed by atoms with Crippen LogP contribution in [0.25, 0.3) is 5.76 Å². The Morgan fingerprint density at radius 3 is 2.17 bits per heavy atom. The third-order valence-electron chi connectivity index (χ3n) is 6.61. The van der Waals surface area contributed by atoms with Crippen LogP contribution in [0.4, 0.5) is 10.1 Å². The topological polar surface area (TPSA) is 57.6 Å². The number of nitrogens with zero attached hydrogens (tertiary/aromatic N) is 1. The monoisotopic (exact) mass is 471 g/mol. The lowest BCUT2D eigenvalue weighted by molar-refractivity contribution is -0.132. The first kappa shape index (κ1) is 24.4. The fourth-order valence-corrected chi connectivity index (χ4v) is 4.44. The van der Waals surface area contributed by atoms with Crippen LogP contribution in [-0.4, -0.2) is 16.8 Å². The van der Waals surface area contributed by atoms with Crippen LogP contribution in [0.15, 0.2) is 72.3 Å². The van der Waals surface area contributed by atoms with E-state index in [1.165, 1.54) is 17.0 Å². The molecule has 3 aromatic rings. The van der Waals surface area contributed by atoms with Gasteiger partial charge >= 0.3 is 0 Å². The molecular weight excluding hydrogens is 441 g/mol. The van der Waals surface area contributed by atoms with Crippen LogP contribution in [-0.2, 0) is 21.4 Å². The molecule has 0 spiro atoms. The smallest absolute Gasteiger partial charge is 0.300 e. The van der Waals surface area contributed by atoms with Crippen LogP contribution >= 0.6 is 0 Å². The average Bonchev–Trinajstić information content (AvgIpc) is 3.09. The van der Waals surface area contributed by atoms with Crippen molar-refractivity contribution in [2.45, 2.75) is 52.5 Å². The second kappa shape index (κ2) is 9.14. The van der Waals surface area contributed by atoms with Gasteiger partial charge in [-0.05, 0) is 71.3 Å². The standard InChI is InChI=1S/C30H30FNO3/c1-6-19-8-15-23(16-9-19)32-26(20-10-13-22(31)14-11-20)25(28(34)29(32)35)27(33)24-17-21(30(3,4)5)12-7-18(24)2/h7-17,26,33H,6H2,1-5H3/b27-25+. The summed E-state index contributed by atoms with van der Waals surface area (Å²) in [6.07, 6.45) is 0.837. The van der Waals surface area contributed by atoms with E-state index in [1.807, 2.05) is 44.2 Å². The molecule has 1 atom stereocenters. The van der Waals surface area contributed by atoms with Gasteiger partial charge in [0.25, 0.3) is 11.7 Å². The minimum Gasteiger partial charge on any atom is -0.507 e. The van der Waals surface area contributed by atoms with E-state index < -0.39 is 23.5 Å². The van der Waals surface area contributed by atoms with E-state index in [1.54, 1.807) is 24.3 Å². The Labute approximate surface area is 205 Å². The first-order chi connectivity index (χ1) is 16.5. The molecule has 5 heteroatoms. The van der Waals surface area contributed by atoms with Crippen LogP contribution in [0.3, 0.4) is 0 Å². The maximum Gasteiger partial charge on any atom is 0.300 e. The lowest BCUT2D eigenvalue weighted by atomic mass is 9.84. The number of Topliss-reactive ketones (excluding diaryl/α,β-unsaturated/α-hetero) is 1. The van der Waals surface area contributed by atoms with Crippen molar-refractivity contribution in [2.24, 2.45) is 0 Å². The molecule has 0 saturated carbocycles. The summed E-state index contributed by atoms with van der Waals surface area (Å²) in [5.74, 6) is -2.15. The Balaban J connectivity index is 1.95. The van der Waals surface area contributed by atoms with E-state index in [0.717, 1.165) is 23.1 Å². The normalized spacial score (nSPS) is 17.8. The predicted octanol–water partition coefficient (Wildman–Crippen LogP) is 6.62. The second-order valence-electron chi connectivity index (χ2n) is 10.0. The van der Waals surface area contributed by atoms with Gasteiger partial charge in [0.1, 0.15) is 11.6 Å². The molecule has 180 valence electrons. The number of benzene rings is 3. The van der Waals surface area contributed by atoms with Crippen molar-refractivity contribution in [2.75, 3.05) is 4.90 Å². The molecule has 0 aliphatic carbocycles. The van der Waals surface area contributed by atoms with Gasteiger partial charge in [0, 0.05) is 11.3 Å². The third kappa shape index (κ3) is 4.51. The molecule has 1 saturated heterocycles. The fourth-order valence-electron chi connectivity index (χ4n) is 4.44. The van der Waals surface area contributed by atoms with E-state index in [9.17, 15) is 19.1 Å². The summed E-state index contributed by atoms with van der Waals surface area (Å²) in [4.78, 5) is 28.1. The zero-order valence-electron chi connectivity index (χ0n) is 20.7. The van der Waals surface area contributed by atoms with Crippen molar-refractivity contribution >= 4 is 23.1 Å². The van der Waals surface area contributed by atoms with Crippen molar-refractivity contribution < 1.29 is 19.1 Å². The largest absolute Gasteiger partial charge is 0.507 e. The molecule has 1 fully saturated rings. The molecule has 0 radical (unpaired) electrons. The third-order valence-corrected chi connectivity index (χ3v) is 6.61. The highest BCUT2D eigenvalue weighted by Crippen LogP contribution is 2.43. The van der Waals surface area contributed by atoms with Crippen molar-refractivity contribution in [1.29, 1.82) is 0 Å². The Hall–Kier alpha value is -3.73. The number of halogens is 1. The maximum atomic E-state index is 13.8. The average molecular weight is 472 g/mol. The number of amides is 1. The minimum absolute atomic E-state index is 0.00432. The van der Waals surface area contributed by atoms with Gasteiger partial charge in [-0.25, -0.2) is 4.39 Å². The zero-order valence-corrected chi connectivity index (χ0v) is 20.7. The number of carbonyl (C=O) groups is 2. The van der Waals surface area contributed by atoms with Gasteiger partial charge in [0.2, 0.25) is 0 Å². The highest BCUT2D eigenvalue weighted by atomic mass is 19.1. The molecule has 1 unspecified atom stereocenters. The van der Waals surface area contributed by atoms with Crippen LogP contribution in [0.2, 0.25) is 0 Å². The quantitative estimate of drug-likeness (QED) is 0.264. The number of aliphatic hydroxyl groups excluding tert-OH is 1. The van der Waals surface area contributed by atoms with E-state index in [4.69, 9.17) is 0 Å². The van der Waals surface area contributed by atoms with Crippen molar-refractivity contribution in [3.8, 4) is 0 Å². The van der Waals surface area contributed by atoms with E-state index in [2.05, 4.69) is 20.8 Å². The maximum absolute atomic E-state index is 13.8. The molecule has 0 bridgehead atoms. The van der Waals surface area contributed by atoms with Gasteiger partial charge < -0.3 is 5.11 Å². The van der Waals surface area contributed by atoms with Crippen molar-refractivity contribution in [1.82, 2.24) is 0 Å². The van der Waals surface area contributed by atoms with E-state index in [-0.39, 0.29) is 16.7 Å². The first-order valence-corrected chi connectivity index (χ1v) is 11.8. The molecule has 1 aliphatic heterocycles. The number of aryl methyl sites for hydroxylation is 2. The number of hydrogen-bond acceptors (Lipinski definition) is 3. The summed E-state index contributed by atoms with van der Waals surface area (Å²) in [7, 11) is 0. The van der Waals surface area contributed by atoms with Gasteiger partial charge in [0.05, 0.1) is 11.6 Å². The molecule has 1 aliphatic rings. The predicted molar refractivity (Wildman–Crippen MR) is 137 cm³/mol. The number of ketones is 1. The molecule has 4 nitrogen and oxygen atoms in total. The van der Waals surface area contributed by atoms with Gasteiger partial charge in [-0.15, -0.1) is 0 Å². The van der Waals surface area contributed by atoms with Gasteiger partial charge in [-0.1, -0.05) is 64.1 Å². The summed E-state index contributed by atoms with van der Waals surface area (Å²) in [5.41, 5.74) is 4.28. The fraction of sp³-hybridized carbons (Fsp3) is 0.267. The Bertz CT molecular complexity index is 1320. The molecule has 1 amide bonds. The summed E-state index contributed by atoms with van der Waals surface area (Å²) in [6.45, 7) is 10.1. The summed E-state index contributed by atoms with van der Waals surface area (Å²) in [6, 6.07) is 18.0. The number of rotatable bonds is 4. The molecule has 35 heavy (non-hydrogen) atoms. The van der Waals surface area contributed by atoms with Gasteiger partial charge in [0.15, 0.2) is 0 Å². The van der Waals surface area contributed by atoms with E-state index >= 15 is 0 Å². The van der Waals surface area contributed by atoms with Crippen LogP contribution in [0.5, 0.6) is 0 Å². The number of carbonyl (C=O) groups excluding carboxylic acids is 2. The number of aliphatic hydroxyl groups is 1. The highest BCUT2D eigenvalue weighted by molar-refractivity contribution is 6.51. The number of hydrogen-bond donors (Lipinski definition) is 1. The summed E-state index contributed by atoms with van der Waals surface area (Å²) >= 11 is 0. The van der Waals surface area contributed by atoms with Crippen molar-refractivity contribution in [3.63, 3.8) is 0 Å². The number of anilines is 1. The van der Waals surface area contributed by atoms with Gasteiger partial charge in [-0.3, -0.25) is 14.5 Å². The van der Waals surface area contributed by atoms with Crippen LogP contribution in [0, 0.1) is 12.7 Å². The van der Waals surface area contributed by atoms with Crippen LogP contribution < -0.4 is 4.90 Å². The van der Waals surface area contributed by atoms with E-state index in [0.29, 0.717) is 16.8 Å². The molecule has 0 aromatic heterocycles. The molecule has 4 rings (SSSR count). The lowest BCUT2D eigenvalue weighted by Crippen LogP contribution is -2.29. The molecule has 1 heterocycles. The minimum atomic E-state index is -0.888. The van der Waals surface area contributed by atoms with Crippen molar-refractivity contribution in [3.05, 3.63) is 106 Å². The van der Waals surface area contributed by atoms with Crippen LogP contribution in [0.1, 0.15) is 61.6 Å². The molecule has 3 aromatic carbocycles. The van der Waals surface area contributed by atoms with Gasteiger partial charge in [-0.2, -0.15) is 0 Å². The Morgan fingerprint density at radius 2 is 1.60 bits per heavy atom. The summed E-state index contributed by atoms with van der Waals surface area (Å²) in [5, 5.41) is 11.5. The molecule has 1 N–H and O–H groups in total. The SMILES string of the molecule is CCc1ccc(N2C(=O)C(=O)/C(=C(/O)c3cc(C(C)(C)C)ccc3C)C2c2ccc(F)cc2)cc1. The summed E-state index contributed by atoms with van der Waals surface area (Å²) < 4.78 is 13.8. The Kier molecular flexibility index (Phi) is 6.37. The second-order valence-corrected chi connectivity index (χ2v) is 10.0. The molecular formula is C30H30FNO3. The lowest BCUT2D eigenvalue weighted by Gasteiger charge is -2.26. The first-order valence-electron chi connectivity index (χ1n) is 11.8. The Morgan fingerprint density at radius 1 is 0.971 bits per heavy atom. The zero-order chi connectivity index (χ0) is 25.5. The highest BCUT2D eigenvalue weighted by Gasteiger charge is 2.47.